The van der Waals surface area contributed by atoms with Crippen LogP contribution in [0.2, 0.25) is 0 Å². The summed E-state index contributed by atoms with van der Waals surface area (Å²) in [6.45, 7) is 0. The predicted molar refractivity (Wildman–Crippen MR) is 58.2 cm³/mol. The van der Waals surface area contributed by atoms with E-state index in [1.807, 2.05) is 0 Å². The van der Waals surface area contributed by atoms with Crippen LogP contribution in [0.4, 0.5) is 4.39 Å². The summed E-state index contributed by atoms with van der Waals surface area (Å²) in [5.74, 6) is -0.581. The number of thioether (sulfide) groups is 1. The Hall–Kier alpha value is -1.07. The fourth-order valence-corrected chi connectivity index (χ4v) is 1.95. The van der Waals surface area contributed by atoms with Crippen molar-refractivity contribution < 1.29 is 14.3 Å². The summed E-state index contributed by atoms with van der Waals surface area (Å²) in [6, 6.07) is 5.53. The number of hydrogen-bond donors (Lipinski definition) is 2. The van der Waals surface area contributed by atoms with E-state index in [9.17, 15) is 9.18 Å². The summed E-state index contributed by atoms with van der Waals surface area (Å²) in [7, 11) is 0. The molecule has 15 heavy (non-hydrogen) atoms. The minimum Gasteiger partial charge on any atom is -0.480 e. The summed E-state index contributed by atoms with van der Waals surface area (Å²) < 4.78 is 13.1. The van der Waals surface area contributed by atoms with Crippen molar-refractivity contribution in [1.29, 1.82) is 0 Å². The van der Waals surface area contributed by atoms with Crippen LogP contribution >= 0.6 is 11.8 Å². The average Bonchev–Trinajstić information content (AvgIpc) is 2.20. The second-order valence-corrected chi connectivity index (χ2v) is 4.08. The van der Waals surface area contributed by atoms with E-state index in [0.717, 1.165) is 0 Å². The number of carboxylic acid groups (broad SMARTS) is 1. The first-order valence-corrected chi connectivity index (χ1v) is 5.56. The molecular formula is C10H12FNO2S. The maximum Gasteiger partial charge on any atom is 0.321 e. The van der Waals surface area contributed by atoms with Crippen LogP contribution in [0.5, 0.6) is 0 Å². The molecule has 0 fully saturated rings. The van der Waals surface area contributed by atoms with Crippen LogP contribution in [0.3, 0.4) is 0 Å². The van der Waals surface area contributed by atoms with Crippen molar-refractivity contribution in [3.8, 4) is 0 Å². The van der Waals surface area contributed by atoms with Crippen LogP contribution in [0.15, 0.2) is 24.3 Å². The smallest absolute Gasteiger partial charge is 0.321 e. The van der Waals surface area contributed by atoms with Gasteiger partial charge in [0.05, 0.1) is 0 Å². The number of hydrogen-bond acceptors (Lipinski definition) is 3. The third kappa shape index (κ3) is 3.89. The van der Waals surface area contributed by atoms with E-state index in [4.69, 9.17) is 10.8 Å². The van der Waals surface area contributed by atoms with E-state index < -0.39 is 12.0 Å². The van der Waals surface area contributed by atoms with Crippen molar-refractivity contribution >= 4 is 17.7 Å². The van der Waals surface area contributed by atoms with Gasteiger partial charge in [-0.15, -0.1) is 0 Å². The van der Waals surface area contributed by atoms with Gasteiger partial charge in [0.15, 0.2) is 0 Å². The summed E-state index contributed by atoms with van der Waals surface area (Å²) in [5.41, 5.74) is 5.87. The van der Waals surface area contributed by atoms with E-state index in [2.05, 4.69) is 0 Å². The lowest BCUT2D eigenvalue weighted by atomic mass is 10.2. The standard InChI is InChI=1S/C10H12FNO2S/c11-8-4-2-1-3-7(8)5-15-6-9(12)10(13)14/h1-4,9H,5-6,12H2,(H,13,14). The summed E-state index contributed by atoms with van der Waals surface area (Å²) in [6.07, 6.45) is 0. The SMILES string of the molecule is NC(CSCc1ccccc1F)C(=O)O. The van der Waals surface area contributed by atoms with Gasteiger partial charge in [-0.25, -0.2) is 4.39 Å². The summed E-state index contributed by atoms with van der Waals surface area (Å²) in [5, 5.41) is 8.52. The van der Waals surface area contributed by atoms with Crippen LogP contribution in [0.25, 0.3) is 0 Å². The van der Waals surface area contributed by atoms with E-state index in [1.54, 1.807) is 18.2 Å². The number of nitrogens with two attached hydrogens (primary N) is 1. The third-order valence-corrected chi connectivity index (χ3v) is 2.94. The molecule has 0 saturated heterocycles. The fourth-order valence-electron chi connectivity index (χ4n) is 0.983. The molecule has 1 atom stereocenters. The second kappa shape index (κ2) is 5.72. The van der Waals surface area contributed by atoms with Crippen molar-refractivity contribution in [2.75, 3.05) is 5.75 Å². The monoisotopic (exact) mass is 229 g/mol. The van der Waals surface area contributed by atoms with Gasteiger partial charge in [0, 0.05) is 11.5 Å². The van der Waals surface area contributed by atoms with E-state index in [1.165, 1.54) is 17.8 Å². The van der Waals surface area contributed by atoms with Gasteiger partial charge in [0.2, 0.25) is 0 Å². The third-order valence-electron chi connectivity index (χ3n) is 1.83. The molecule has 0 aliphatic carbocycles. The Morgan fingerprint density at radius 1 is 1.53 bits per heavy atom. The molecule has 5 heteroatoms. The highest BCUT2D eigenvalue weighted by molar-refractivity contribution is 7.98. The van der Waals surface area contributed by atoms with E-state index in [0.29, 0.717) is 11.3 Å². The zero-order chi connectivity index (χ0) is 11.3. The summed E-state index contributed by atoms with van der Waals surface area (Å²) in [4.78, 5) is 10.4. The molecule has 0 heterocycles. The topological polar surface area (TPSA) is 63.3 Å². The average molecular weight is 229 g/mol. The number of aliphatic carboxylic acids is 1. The van der Waals surface area contributed by atoms with Gasteiger partial charge in [-0.2, -0.15) is 11.8 Å². The van der Waals surface area contributed by atoms with Gasteiger partial charge in [-0.05, 0) is 11.6 Å². The zero-order valence-corrected chi connectivity index (χ0v) is 8.84. The molecule has 0 radical (unpaired) electrons. The van der Waals surface area contributed by atoms with Gasteiger partial charge < -0.3 is 10.8 Å². The highest BCUT2D eigenvalue weighted by Crippen LogP contribution is 2.15. The number of carboxylic acids is 1. The number of halogens is 1. The molecule has 3 N–H and O–H groups in total. The van der Waals surface area contributed by atoms with Crippen LogP contribution in [-0.2, 0) is 10.5 Å². The molecule has 1 rings (SSSR count). The molecule has 3 nitrogen and oxygen atoms in total. The van der Waals surface area contributed by atoms with Crippen LogP contribution < -0.4 is 5.73 Å². The van der Waals surface area contributed by atoms with Crippen molar-refractivity contribution in [2.45, 2.75) is 11.8 Å². The van der Waals surface area contributed by atoms with Crippen LogP contribution in [-0.4, -0.2) is 22.9 Å². The molecule has 1 aromatic carbocycles. The largest absolute Gasteiger partial charge is 0.480 e. The lowest BCUT2D eigenvalue weighted by Gasteiger charge is -2.06. The highest BCUT2D eigenvalue weighted by Gasteiger charge is 2.11. The van der Waals surface area contributed by atoms with Gasteiger partial charge in [-0.1, -0.05) is 18.2 Å². The Morgan fingerprint density at radius 3 is 2.80 bits per heavy atom. The van der Waals surface area contributed by atoms with Crippen molar-refractivity contribution in [3.63, 3.8) is 0 Å². The first-order valence-electron chi connectivity index (χ1n) is 4.41. The Morgan fingerprint density at radius 2 is 2.20 bits per heavy atom. The first-order chi connectivity index (χ1) is 7.11. The first kappa shape index (κ1) is 12.0. The second-order valence-electron chi connectivity index (χ2n) is 3.05. The molecule has 0 aliphatic heterocycles. The van der Waals surface area contributed by atoms with Crippen molar-refractivity contribution in [3.05, 3.63) is 35.6 Å². The lowest BCUT2D eigenvalue weighted by Crippen LogP contribution is -2.32. The molecular weight excluding hydrogens is 217 g/mol. The normalized spacial score (nSPS) is 12.4. The maximum atomic E-state index is 13.1. The molecule has 0 aliphatic rings. The van der Waals surface area contributed by atoms with Crippen molar-refractivity contribution in [1.82, 2.24) is 0 Å². The van der Waals surface area contributed by atoms with Gasteiger partial charge in [-0.3, -0.25) is 4.79 Å². The minimum absolute atomic E-state index is 0.270. The lowest BCUT2D eigenvalue weighted by molar-refractivity contribution is -0.137. The number of carbonyl (C=O) groups is 1. The maximum absolute atomic E-state index is 13.1. The van der Waals surface area contributed by atoms with E-state index >= 15 is 0 Å². The van der Waals surface area contributed by atoms with Crippen LogP contribution in [0, 0.1) is 5.82 Å². The predicted octanol–water partition coefficient (Wildman–Crippen LogP) is 1.47. The molecule has 0 spiro atoms. The van der Waals surface area contributed by atoms with E-state index in [-0.39, 0.29) is 11.6 Å². The van der Waals surface area contributed by atoms with Gasteiger partial charge in [0.1, 0.15) is 11.9 Å². The fraction of sp³-hybridized carbons (Fsp3) is 0.300. The summed E-state index contributed by atoms with van der Waals surface area (Å²) >= 11 is 1.31. The quantitative estimate of drug-likeness (QED) is 0.802. The van der Waals surface area contributed by atoms with Crippen molar-refractivity contribution in [2.24, 2.45) is 5.73 Å². The van der Waals surface area contributed by atoms with Crippen LogP contribution in [0.1, 0.15) is 5.56 Å². The highest BCUT2D eigenvalue weighted by atomic mass is 32.2. The van der Waals surface area contributed by atoms with Gasteiger partial charge >= 0.3 is 5.97 Å². The Labute approximate surface area is 91.5 Å². The number of rotatable bonds is 5. The Bertz CT molecular complexity index is 346. The Balaban J connectivity index is 2.38. The molecule has 1 unspecified atom stereocenters. The molecule has 1 aromatic rings. The molecule has 0 bridgehead atoms. The molecule has 0 saturated carbocycles. The zero-order valence-electron chi connectivity index (χ0n) is 8.02. The molecule has 0 aromatic heterocycles. The Kier molecular flexibility index (Phi) is 4.58. The minimum atomic E-state index is -1.03. The van der Waals surface area contributed by atoms with Gasteiger partial charge in [0.25, 0.3) is 0 Å². The molecule has 0 amide bonds. The molecule has 82 valence electrons. The number of benzene rings is 1.